The van der Waals surface area contributed by atoms with E-state index in [1.54, 1.807) is 22.3 Å². The number of hydrogen-bond acceptors (Lipinski definition) is 5. The number of thiophene rings is 1. The summed E-state index contributed by atoms with van der Waals surface area (Å²) in [6, 6.07) is 1.92. The lowest BCUT2D eigenvalue weighted by Gasteiger charge is -2.00. The molecule has 0 atom stereocenters. The number of hydrogen-bond donors (Lipinski definition) is 0. The molecule has 5 nitrogen and oxygen atoms in total. The number of fused-ring (bicyclic) bond motifs is 1. The third-order valence-corrected chi connectivity index (χ3v) is 3.19. The summed E-state index contributed by atoms with van der Waals surface area (Å²) in [5.74, 6) is 0.644. The standard InChI is InChI=1S/C9H6ClN5S/c10-8-6-1-2-16-9(6)14-7(13-8)3-15-5-11-4-12-15/h1-2,4-5H,3H2. The smallest absolute Gasteiger partial charge is 0.153 e. The van der Waals surface area contributed by atoms with Crippen molar-refractivity contribution in [3.05, 3.63) is 35.1 Å². The quantitative estimate of drug-likeness (QED) is 0.654. The fraction of sp³-hybridized carbons (Fsp3) is 0.111. The fourth-order valence-electron chi connectivity index (χ4n) is 1.39. The van der Waals surface area contributed by atoms with Crippen molar-refractivity contribution in [2.45, 2.75) is 6.54 Å². The maximum Gasteiger partial charge on any atom is 0.153 e. The molecule has 0 saturated carbocycles. The van der Waals surface area contributed by atoms with Crippen molar-refractivity contribution in [2.24, 2.45) is 0 Å². The average Bonchev–Trinajstić information content (AvgIpc) is 2.87. The van der Waals surface area contributed by atoms with Crippen LogP contribution in [-0.4, -0.2) is 24.7 Å². The molecule has 0 aliphatic rings. The molecule has 0 fully saturated rings. The second-order valence-corrected chi connectivity index (χ2v) is 4.42. The van der Waals surface area contributed by atoms with Crippen molar-refractivity contribution in [3.8, 4) is 0 Å². The average molecular weight is 252 g/mol. The van der Waals surface area contributed by atoms with Crippen LogP contribution in [0.5, 0.6) is 0 Å². The summed E-state index contributed by atoms with van der Waals surface area (Å²) in [6.45, 7) is 0.480. The summed E-state index contributed by atoms with van der Waals surface area (Å²) in [5.41, 5.74) is 0. The zero-order chi connectivity index (χ0) is 11.0. The van der Waals surface area contributed by atoms with Crippen LogP contribution < -0.4 is 0 Å². The minimum absolute atomic E-state index is 0.480. The van der Waals surface area contributed by atoms with Crippen LogP contribution in [0.4, 0.5) is 0 Å². The van der Waals surface area contributed by atoms with Crippen LogP contribution in [0.25, 0.3) is 10.2 Å². The van der Waals surface area contributed by atoms with Gasteiger partial charge in [0.25, 0.3) is 0 Å². The Balaban J connectivity index is 2.04. The van der Waals surface area contributed by atoms with E-state index in [1.807, 2.05) is 11.4 Å². The summed E-state index contributed by atoms with van der Waals surface area (Å²) in [4.78, 5) is 13.4. The lowest BCUT2D eigenvalue weighted by atomic mass is 10.4. The van der Waals surface area contributed by atoms with Crippen molar-refractivity contribution < 1.29 is 0 Å². The van der Waals surface area contributed by atoms with E-state index >= 15 is 0 Å². The van der Waals surface area contributed by atoms with Gasteiger partial charge in [-0.05, 0) is 11.4 Å². The second kappa shape index (κ2) is 3.80. The van der Waals surface area contributed by atoms with Crippen LogP contribution in [0, 0.1) is 0 Å². The maximum absolute atomic E-state index is 6.05. The van der Waals surface area contributed by atoms with E-state index in [4.69, 9.17) is 11.6 Å². The van der Waals surface area contributed by atoms with Gasteiger partial charge in [0, 0.05) is 5.39 Å². The van der Waals surface area contributed by atoms with Gasteiger partial charge in [-0.2, -0.15) is 5.10 Å². The molecule has 0 bridgehead atoms. The Labute approximate surface area is 99.7 Å². The van der Waals surface area contributed by atoms with Gasteiger partial charge < -0.3 is 0 Å². The molecule has 3 aromatic heterocycles. The minimum Gasteiger partial charge on any atom is -0.245 e. The predicted molar refractivity (Wildman–Crippen MR) is 61.5 cm³/mol. The molecule has 0 radical (unpaired) electrons. The molecule has 0 saturated heterocycles. The lowest BCUT2D eigenvalue weighted by molar-refractivity contribution is 0.656. The molecule has 80 valence electrons. The summed E-state index contributed by atoms with van der Waals surface area (Å²) in [5, 5.41) is 7.33. The highest BCUT2D eigenvalue weighted by molar-refractivity contribution is 7.16. The molecule has 0 aliphatic carbocycles. The third-order valence-electron chi connectivity index (χ3n) is 2.09. The molecule has 0 unspecified atom stereocenters. The lowest BCUT2D eigenvalue weighted by Crippen LogP contribution is -2.04. The van der Waals surface area contributed by atoms with Crippen molar-refractivity contribution in [1.29, 1.82) is 0 Å². The van der Waals surface area contributed by atoms with Crippen molar-refractivity contribution >= 4 is 33.2 Å². The number of halogens is 1. The zero-order valence-corrected chi connectivity index (χ0v) is 9.61. The van der Waals surface area contributed by atoms with E-state index in [9.17, 15) is 0 Å². The van der Waals surface area contributed by atoms with Gasteiger partial charge in [0.15, 0.2) is 5.82 Å². The number of rotatable bonds is 2. The Morgan fingerprint density at radius 1 is 1.38 bits per heavy atom. The van der Waals surface area contributed by atoms with E-state index in [1.165, 1.54) is 6.33 Å². The zero-order valence-electron chi connectivity index (χ0n) is 8.04. The van der Waals surface area contributed by atoms with E-state index in [0.717, 1.165) is 10.2 Å². The van der Waals surface area contributed by atoms with Gasteiger partial charge in [-0.1, -0.05) is 11.6 Å². The van der Waals surface area contributed by atoms with Gasteiger partial charge >= 0.3 is 0 Å². The normalized spacial score (nSPS) is 11.1. The highest BCUT2D eigenvalue weighted by Gasteiger charge is 2.07. The highest BCUT2D eigenvalue weighted by Crippen LogP contribution is 2.24. The molecule has 0 amide bonds. The van der Waals surface area contributed by atoms with E-state index in [-0.39, 0.29) is 0 Å². The summed E-state index contributed by atoms with van der Waals surface area (Å²) < 4.78 is 1.66. The first-order valence-corrected chi connectivity index (χ1v) is 5.81. The first kappa shape index (κ1) is 9.68. The van der Waals surface area contributed by atoms with Gasteiger partial charge in [-0.15, -0.1) is 11.3 Å². The Morgan fingerprint density at radius 3 is 3.12 bits per heavy atom. The van der Waals surface area contributed by atoms with Crippen molar-refractivity contribution in [2.75, 3.05) is 0 Å². The molecule has 3 heterocycles. The number of aromatic nitrogens is 5. The molecule has 0 aliphatic heterocycles. The number of nitrogens with zero attached hydrogens (tertiary/aromatic N) is 5. The van der Waals surface area contributed by atoms with Gasteiger partial charge in [0.1, 0.15) is 29.2 Å². The van der Waals surface area contributed by atoms with Crippen LogP contribution in [0.3, 0.4) is 0 Å². The largest absolute Gasteiger partial charge is 0.245 e. The molecule has 0 N–H and O–H groups in total. The van der Waals surface area contributed by atoms with Crippen molar-refractivity contribution in [3.63, 3.8) is 0 Å². The fourth-order valence-corrected chi connectivity index (χ4v) is 2.48. The molecule has 0 aromatic carbocycles. The minimum atomic E-state index is 0.480. The molecule has 0 spiro atoms. The van der Waals surface area contributed by atoms with Gasteiger partial charge in [-0.3, -0.25) is 0 Å². The highest BCUT2D eigenvalue weighted by atomic mass is 35.5. The molecule has 7 heteroatoms. The molecular weight excluding hydrogens is 246 g/mol. The first-order valence-electron chi connectivity index (χ1n) is 4.55. The van der Waals surface area contributed by atoms with Crippen LogP contribution >= 0.6 is 22.9 Å². The SMILES string of the molecule is Clc1nc(Cn2cncn2)nc2sccc12. The Bertz CT molecular complexity index is 618. The molecular formula is C9H6ClN5S. The summed E-state index contributed by atoms with van der Waals surface area (Å²) in [7, 11) is 0. The first-order chi connectivity index (χ1) is 7.83. The van der Waals surface area contributed by atoms with Crippen LogP contribution in [0.2, 0.25) is 5.15 Å². The summed E-state index contributed by atoms with van der Waals surface area (Å²) >= 11 is 7.60. The van der Waals surface area contributed by atoms with Gasteiger partial charge in [0.2, 0.25) is 0 Å². The maximum atomic E-state index is 6.05. The van der Waals surface area contributed by atoms with Crippen molar-refractivity contribution in [1.82, 2.24) is 24.7 Å². The topological polar surface area (TPSA) is 56.5 Å². The second-order valence-electron chi connectivity index (χ2n) is 3.16. The Hall–Kier alpha value is -1.53. The van der Waals surface area contributed by atoms with Crippen LogP contribution in [-0.2, 0) is 6.54 Å². The van der Waals surface area contributed by atoms with E-state index in [0.29, 0.717) is 17.5 Å². The monoisotopic (exact) mass is 251 g/mol. The van der Waals surface area contributed by atoms with Gasteiger partial charge in [0.05, 0.1) is 0 Å². The Morgan fingerprint density at radius 2 is 2.31 bits per heavy atom. The van der Waals surface area contributed by atoms with Crippen LogP contribution in [0.1, 0.15) is 5.82 Å². The predicted octanol–water partition coefficient (Wildman–Crippen LogP) is 1.98. The molecule has 3 aromatic rings. The third kappa shape index (κ3) is 1.66. The van der Waals surface area contributed by atoms with E-state index < -0.39 is 0 Å². The van der Waals surface area contributed by atoms with E-state index in [2.05, 4.69) is 20.1 Å². The van der Waals surface area contributed by atoms with Gasteiger partial charge in [-0.25, -0.2) is 19.6 Å². The molecule has 3 rings (SSSR count). The molecule has 16 heavy (non-hydrogen) atoms. The Kier molecular flexibility index (Phi) is 2.30. The van der Waals surface area contributed by atoms with Crippen LogP contribution in [0.15, 0.2) is 24.1 Å². The summed E-state index contributed by atoms with van der Waals surface area (Å²) in [6.07, 6.45) is 3.10.